The lowest BCUT2D eigenvalue weighted by Gasteiger charge is -2.08. The van der Waals surface area contributed by atoms with Gasteiger partial charge in [-0.05, 0) is 17.6 Å². The van der Waals surface area contributed by atoms with E-state index in [0.29, 0.717) is 0 Å². The standard InChI is InChI=1S/C8H7NS/c1-2-4-8-9(5-3-1)6-7-10-8/h1-7H. The maximum absolute atomic E-state index is 2.10. The van der Waals surface area contributed by atoms with Crippen LogP contribution in [0.4, 0.5) is 0 Å². The van der Waals surface area contributed by atoms with E-state index >= 15 is 0 Å². The molecule has 0 amide bonds. The van der Waals surface area contributed by atoms with Gasteiger partial charge in [-0.25, -0.2) is 0 Å². The molecule has 2 aliphatic rings. The van der Waals surface area contributed by atoms with Crippen LogP contribution in [-0.4, -0.2) is 4.90 Å². The molecule has 0 saturated heterocycles. The fourth-order valence-electron chi connectivity index (χ4n) is 0.893. The van der Waals surface area contributed by atoms with E-state index in [1.54, 1.807) is 11.8 Å². The van der Waals surface area contributed by atoms with Crippen LogP contribution in [0, 0.1) is 0 Å². The molecule has 0 aliphatic carbocycles. The zero-order valence-corrected chi connectivity index (χ0v) is 6.21. The molecule has 0 aromatic carbocycles. The predicted octanol–water partition coefficient (Wildman–Crippen LogP) is 2.43. The Morgan fingerprint density at radius 1 is 1.10 bits per heavy atom. The van der Waals surface area contributed by atoms with Gasteiger partial charge >= 0.3 is 0 Å². The van der Waals surface area contributed by atoms with Gasteiger partial charge in [0, 0.05) is 12.4 Å². The van der Waals surface area contributed by atoms with Gasteiger partial charge in [0.1, 0.15) is 0 Å². The second kappa shape index (κ2) is 2.39. The van der Waals surface area contributed by atoms with E-state index in [9.17, 15) is 0 Å². The van der Waals surface area contributed by atoms with Crippen LogP contribution in [0.3, 0.4) is 0 Å². The Morgan fingerprint density at radius 2 is 2.10 bits per heavy atom. The first-order chi connectivity index (χ1) is 4.97. The molecular weight excluding hydrogens is 142 g/mol. The summed E-state index contributed by atoms with van der Waals surface area (Å²) in [6, 6.07) is 0. The zero-order chi connectivity index (χ0) is 6.81. The minimum absolute atomic E-state index is 1.27. The average Bonchev–Trinajstić information content (AvgIpc) is 2.28. The maximum atomic E-state index is 2.10. The molecule has 0 N–H and O–H groups in total. The first-order valence-corrected chi connectivity index (χ1v) is 4.01. The smallest absolute Gasteiger partial charge is 0.0831 e. The molecule has 50 valence electrons. The highest BCUT2D eigenvalue weighted by Crippen LogP contribution is 2.29. The number of thioether (sulfide) groups is 1. The van der Waals surface area contributed by atoms with Gasteiger partial charge in [-0.3, -0.25) is 0 Å². The largest absolute Gasteiger partial charge is 0.318 e. The summed E-state index contributed by atoms with van der Waals surface area (Å²) in [6.07, 6.45) is 12.3. The van der Waals surface area contributed by atoms with Crippen molar-refractivity contribution in [2.45, 2.75) is 0 Å². The Hall–Kier alpha value is -0.890. The summed E-state index contributed by atoms with van der Waals surface area (Å²) in [5, 5.41) is 3.35. The summed E-state index contributed by atoms with van der Waals surface area (Å²) in [5.41, 5.74) is 0. The number of fused-ring (bicyclic) bond motifs is 1. The summed E-state index contributed by atoms with van der Waals surface area (Å²) >= 11 is 1.74. The van der Waals surface area contributed by atoms with Crippen LogP contribution in [0.15, 0.2) is 47.1 Å². The van der Waals surface area contributed by atoms with Crippen molar-refractivity contribution in [3.63, 3.8) is 0 Å². The molecule has 0 unspecified atom stereocenters. The Labute approximate surface area is 64.4 Å². The first-order valence-electron chi connectivity index (χ1n) is 3.14. The van der Waals surface area contributed by atoms with E-state index in [2.05, 4.69) is 22.6 Å². The van der Waals surface area contributed by atoms with Gasteiger partial charge < -0.3 is 4.90 Å². The lowest BCUT2D eigenvalue weighted by Crippen LogP contribution is -1.99. The second-order valence-corrected chi connectivity index (χ2v) is 2.97. The minimum Gasteiger partial charge on any atom is -0.318 e. The molecular formula is C8H7NS. The zero-order valence-electron chi connectivity index (χ0n) is 5.40. The van der Waals surface area contributed by atoms with Crippen LogP contribution >= 0.6 is 11.8 Å². The molecule has 0 bridgehead atoms. The minimum atomic E-state index is 1.27. The third-order valence-electron chi connectivity index (χ3n) is 1.37. The van der Waals surface area contributed by atoms with Crippen LogP contribution in [-0.2, 0) is 0 Å². The molecule has 0 radical (unpaired) electrons. The van der Waals surface area contributed by atoms with E-state index in [1.807, 2.05) is 24.4 Å². The number of nitrogens with zero attached hydrogens (tertiary/aromatic N) is 1. The Morgan fingerprint density at radius 3 is 3.10 bits per heavy atom. The summed E-state index contributed by atoms with van der Waals surface area (Å²) in [6.45, 7) is 0. The van der Waals surface area contributed by atoms with Crippen molar-refractivity contribution in [1.82, 2.24) is 4.90 Å². The van der Waals surface area contributed by atoms with Crippen LogP contribution < -0.4 is 0 Å². The van der Waals surface area contributed by atoms with Gasteiger partial charge in [0.15, 0.2) is 0 Å². The van der Waals surface area contributed by atoms with E-state index in [0.717, 1.165) is 0 Å². The SMILES string of the molecule is C1=CC=C2SC=CN2C=C1. The van der Waals surface area contributed by atoms with Crippen molar-refractivity contribution in [3.05, 3.63) is 47.1 Å². The molecule has 0 atom stereocenters. The fourth-order valence-corrected chi connectivity index (χ4v) is 1.62. The van der Waals surface area contributed by atoms with E-state index in [-0.39, 0.29) is 0 Å². The van der Waals surface area contributed by atoms with Gasteiger partial charge in [-0.1, -0.05) is 23.9 Å². The van der Waals surface area contributed by atoms with E-state index < -0.39 is 0 Å². The maximum Gasteiger partial charge on any atom is 0.0831 e. The monoisotopic (exact) mass is 149 g/mol. The molecule has 2 rings (SSSR count). The third-order valence-corrected chi connectivity index (χ3v) is 2.22. The topological polar surface area (TPSA) is 3.24 Å². The van der Waals surface area contributed by atoms with Crippen LogP contribution in [0.25, 0.3) is 0 Å². The van der Waals surface area contributed by atoms with Crippen molar-refractivity contribution in [1.29, 1.82) is 0 Å². The molecule has 2 aliphatic heterocycles. The first kappa shape index (κ1) is 5.86. The van der Waals surface area contributed by atoms with Gasteiger partial charge in [-0.2, -0.15) is 0 Å². The molecule has 0 fully saturated rings. The van der Waals surface area contributed by atoms with Crippen molar-refractivity contribution in [3.8, 4) is 0 Å². The summed E-state index contributed by atoms with van der Waals surface area (Å²) in [7, 11) is 0. The van der Waals surface area contributed by atoms with Crippen molar-refractivity contribution >= 4 is 11.8 Å². The van der Waals surface area contributed by atoms with Gasteiger partial charge in [0.25, 0.3) is 0 Å². The average molecular weight is 149 g/mol. The Balaban J connectivity index is 2.35. The third kappa shape index (κ3) is 0.907. The molecule has 2 heterocycles. The highest BCUT2D eigenvalue weighted by atomic mass is 32.2. The highest BCUT2D eigenvalue weighted by molar-refractivity contribution is 8.06. The molecule has 0 saturated carbocycles. The van der Waals surface area contributed by atoms with E-state index in [4.69, 9.17) is 0 Å². The normalized spacial score (nSPS) is 20.8. The van der Waals surface area contributed by atoms with Crippen LogP contribution in [0.2, 0.25) is 0 Å². The highest BCUT2D eigenvalue weighted by Gasteiger charge is 2.08. The molecule has 0 spiro atoms. The van der Waals surface area contributed by atoms with Gasteiger partial charge in [-0.15, -0.1) is 0 Å². The molecule has 2 heteroatoms. The Kier molecular flexibility index (Phi) is 1.40. The van der Waals surface area contributed by atoms with Crippen LogP contribution in [0.1, 0.15) is 0 Å². The lowest BCUT2D eigenvalue weighted by atomic mass is 10.5. The van der Waals surface area contributed by atoms with Crippen molar-refractivity contribution in [2.24, 2.45) is 0 Å². The molecule has 10 heavy (non-hydrogen) atoms. The number of hydrogen-bond acceptors (Lipinski definition) is 2. The fraction of sp³-hybridized carbons (Fsp3) is 0. The van der Waals surface area contributed by atoms with Crippen LogP contribution in [0.5, 0.6) is 0 Å². The Bertz CT molecular complexity index is 248. The quantitative estimate of drug-likeness (QED) is 0.520. The van der Waals surface area contributed by atoms with Gasteiger partial charge in [0.2, 0.25) is 0 Å². The predicted molar refractivity (Wildman–Crippen MR) is 44.9 cm³/mol. The summed E-state index contributed by atoms with van der Waals surface area (Å²) < 4.78 is 0. The summed E-state index contributed by atoms with van der Waals surface area (Å²) in [5.74, 6) is 0. The number of rotatable bonds is 0. The number of hydrogen-bond donors (Lipinski definition) is 0. The van der Waals surface area contributed by atoms with E-state index in [1.165, 1.54) is 5.03 Å². The lowest BCUT2D eigenvalue weighted by molar-refractivity contribution is 0.688. The van der Waals surface area contributed by atoms with Gasteiger partial charge in [0.05, 0.1) is 5.03 Å². The molecule has 1 nitrogen and oxygen atoms in total. The van der Waals surface area contributed by atoms with Crippen molar-refractivity contribution < 1.29 is 0 Å². The second-order valence-electron chi connectivity index (χ2n) is 2.04. The summed E-state index contributed by atoms with van der Waals surface area (Å²) in [4.78, 5) is 2.10. The molecule has 0 aromatic rings. The van der Waals surface area contributed by atoms with Crippen molar-refractivity contribution in [2.75, 3.05) is 0 Å². The number of allylic oxidation sites excluding steroid dienone is 4. The molecule has 0 aromatic heterocycles.